The molecule has 4 rings (SSSR count). The third kappa shape index (κ3) is 2.13. The Balaban J connectivity index is 1.90. The third-order valence-corrected chi connectivity index (χ3v) is 4.26. The highest BCUT2D eigenvalue weighted by molar-refractivity contribution is 5.72. The second-order valence-electron chi connectivity index (χ2n) is 5.72. The number of aromatic nitrogens is 3. The van der Waals surface area contributed by atoms with Crippen LogP contribution in [-0.2, 0) is 6.42 Å². The van der Waals surface area contributed by atoms with Crippen LogP contribution in [0.3, 0.4) is 0 Å². The number of nitrogens with one attached hydrogen (secondary N) is 1. The number of H-pyrrole nitrogens is 1. The molecule has 0 radical (unpaired) electrons. The zero-order chi connectivity index (χ0) is 16.8. The molecule has 3 N–H and O–H groups in total. The van der Waals surface area contributed by atoms with Crippen LogP contribution >= 0.6 is 0 Å². The molecule has 6 nitrogen and oxygen atoms in total. The largest absolute Gasteiger partial charge is 0.496 e. The SMILES string of the molecule is COc1ccc(F)cc1-c1ccc2c(c1)CC(N)c1n[nH]c(=O)n1-2. The molecule has 0 amide bonds. The molecule has 1 aromatic heterocycles. The van der Waals surface area contributed by atoms with Crippen LogP contribution in [0.1, 0.15) is 17.4 Å². The summed E-state index contributed by atoms with van der Waals surface area (Å²) in [6, 6.07) is 9.56. The normalized spacial score (nSPS) is 15.7. The second-order valence-corrected chi connectivity index (χ2v) is 5.72. The van der Waals surface area contributed by atoms with E-state index in [0.717, 1.165) is 16.8 Å². The smallest absolute Gasteiger partial charge is 0.347 e. The number of methoxy groups -OCH3 is 1. The lowest BCUT2D eigenvalue weighted by Gasteiger charge is -2.22. The quantitative estimate of drug-likeness (QED) is 0.753. The number of nitrogens with zero attached hydrogens (tertiary/aromatic N) is 2. The van der Waals surface area contributed by atoms with Gasteiger partial charge in [0, 0.05) is 5.56 Å². The highest BCUT2D eigenvalue weighted by Gasteiger charge is 2.26. The van der Waals surface area contributed by atoms with Crippen LogP contribution in [0.5, 0.6) is 5.75 Å². The maximum Gasteiger partial charge on any atom is 0.347 e. The van der Waals surface area contributed by atoms with Crippen molar-refractivity contribution in [2.24, 2.45) is 5.73 Å². The van der Waals surface area contributed by atoms with Gasteiger partial charge in [-0.2, -0.15) is 5.10 Å². The van der Waals surface area contributed by atoms with Gasteiger partial charge in [0.15, 0.2) is 5.82 Å². The molecule has 0 spiro atoms. The number of nitrogens with two attached hydrogens (primary N) is 1. The number of hydrogen-bond acceptors (Lipinski definition) is 4. The van der Waals surface area contributed by atoms with Crippen molar-refractivity contribution in [2.75, 3.05) is 7.11 Å². The van der Waals surface area contributed by atoms with E-state index in [1.54, 1.807) is 13.2 Å². The molecule has 0 saturated heterocycles. The van der Waals surface area contributed by atoms with Crippen LogP contribution in [0.25, 0.3) is 16.8 Å². The molecule has 0 aliphatic carbocycles. The van der Waals surface area contributed by atoms with Gasteiger partial charge in [-0.15, -0.1) is 0 Å². The van der Waals surface area contributed by atoms with Crippen molar-refractivity contribution in [1.29, 1.82) is 0 Å². The van der Waals surface area contributed by atoms with Gasteiger partial charge in [0.1, 0.15) is 11.6 Å². The van der Waals surface area contributed by atoms with Gasteiger partial charge in [-0.25, -0.2) is 18.9 Å². The van der Waals surface area contributed by atoms with Crippen LogP contribution in [0.4, 0.5) is 4.39 Å². The van der Waals surface area contributed by atoms with Crippen molar-refractivity contribution in [3.8, 4) is 22.6 Å². The van der Waals surface area contributed by atoms with Gasteiger partial charge in [0.05, 0.1) is 18.8 Å². The Morgan fingerprint density at radius 2 is 2.17 bits per heavy atom. The lowest BCUT2D eigenvalue weighted by molar-refractivity contribution is 0.415. The first-order valence-electron chi connectivity index (χ1n) is 7.48. The lowest BCUT2D eigenvalue weighted by Crippen LogP contribution is -2.28. The van der Waals surface area contributed by atoms with Crippen molar-refractivity contribution in [3.05, 3.63) is 64.1 Å². The van der Waals surface area contributed by atoms with E-state index in [1.807, 2.05) is 18.2 Å². The zero-order valence-corrected chi connectivity index (χ0v) is 12.9. The lowest BCUT2D eigenvalue weighted by atomic mass is 9.95. The number of fused-ring (bicyclic) bond motifs is 3. The van der Waals surface area contributed by atoms with E-state index in [2.05, 4.69) is 10.2 Å². The summed E-state index contributed by atoms with van der Waals surface area (Å²) in [7, 11) is 1.54. The van der Waals surface area contributed by atoms with E-state index < -0.39 is 0 Å². The van der Waals surface area contributed by atoms with Gasteiger partial charge >= 0.3 is 5.69 Å². The Kier molecular flexibility index (Phi) is 3.24. The summed E-state index contributed by atoms with van der Waals surface area (Å²) in [5, 5.41) is 6.42. The van der Waals surface area contributed by atoms with Gasteiger partial charge in [-0.1, -0.05) is 6.07 Å². The number of aromatic amines is 1. The Hall–Kier alpha value is -2.93. The van der Waals surface area contributed by atoms with Crippen LogP contribution in [0.2, 0.25) is 0 Å². The van der Waals surface area contributed by atoms with E-state index >= 15 is 0 Å². The molecular formula is C17H15FN4O2. The van der Waals surface area contributed by atoms with E-state index in [4.69, 9.17) is 10.5 Å². The van der Waals surface area contributed by atoms with Gasteiger partial charge < -0.3 is 10.5 Å². The summed E-state index contributed by atoms with van der Waals surface area (Å²) >= 11 is 0. The molecule has 2 aromatic carbocycles. The van der Waals surface area contributed by atoms with E-state index in [0.29, 0.717) is 23.6 Å². The fraction of sp³-hybridized carbons (Fsp3) is 0.176. The molecule has 3 aromatic rings. The number of hydrogen-bond donors (Lipinski definition) is 2. The predicted octanol–water partition coefficient (Wildman–Crippen LogP) is 1.93. The molecule has 2 heterocycles. The Bertz CT molecular complexity index is 992. The van der Waals surface area contributed by atoms with E-state index in [1.165, 1.54) is 16.7 Å². The maximum absolute atomic E-state index is 13.6. The fourth-order valence-electron chi connectivity index (χ4n) is 3.16. The first kappa shape index (κ1) is 14.6. The number of ether oxygens (including phenoxy) is 1. The van der Waals surface area contributed by atoms with Crippen molar-refractivity contribution < 1.29 is 9.13 Å². The average Bonchev–Trinajstić information content (AvgIpc) is 2.97. The average molecular weight is 326 g/mol. The van der Waals surface area contributed by atoms with Crippen LogP contribution < -0.4 is 16.2 Å². The van der Waals surface area contributed by atoms with Crippen LogP contribution in [-0.4, -0.2) is 21.9 Å². The Morgan fingerprint density at radius 1 is 1.33 bits per heavy atom. The standard InChI is InChI=1S/C17H15FN4O2/c1-24-15-5-3-11(18)8-12(15)9-2-4-14-10(6-9)7-13(19)16-20-21-17(23)22(14)16/h2-6,8,13H,7,19H2,1H3,(H,21,23). The van der Waals surface area contributed by atoms with Gasteiger partial charge in [-0.3, -0.25) is 0 Å². The van der Waals surface area contributed by atoms with Gasteiger partial charge in [0.25, 0.3) is 0 Å². The maximum atomic E-state index is 13.6. The molecule has 1 unspecified atom stereocenters. The minimum atomic E-state index is -0.374. The first-order chi connectivity index (χ1) is 11.6. The summed E-state index contributed by atoms with van der Waals surface area (Å²) < 4.78 is 20.4. The van der Waals surface area contributed by atoms with E-state index in [9.17, 15) is 9.18 Å². The Morgan fingerprint density at radius 3 is 2.96 bits per heavy atom. The topological polar surface area (TPSA) is 85.9 Å². The highest BCUT2D eigenvalue weighted by atomic mass is 19.1. The molecule has 122 valence electrons. The number of benzene rings is 2. The van der Waals surface area contributed by atoms with Crippen molar-refractivity contribution in [3.63, 3.8) is 0 Å². The number of halogens is 1. The summed E-state index contributed by atoms with van der Waals surface area (Å²) in [4.78, 5) is 12.0. The summed E-state index contributed by atoms with van der Waals surface area (Å²) in [5.74, 6) is 0.759. The summed E-state index contributed by atoms with van der Waals surface area (Å²) in [6.07, 6.45) is 0.547. The highest BCUT2D eigenvalue weighted by Crippen LogP contribution is 2.35. The van der Waals surface area contributed by atoms with Gasteiger partial charge in [0.2, 0.25) is 0 Å². The summed E-state index contributed by atoms with van der Waals surface area (Å²) in [5.41, 5.74) is 8.90. The first-order valence-corrected chi connectivity index (χ1v) is 7.48. The fourth-order valence-corrected chi connectivity index (χ4v) is 3.16. The second kappa shape index (κ2) is 5.31. The van der Waals surface area contributed by atoms with Crippen molar-refractivity contribution >= 4 is 0 Å². The molecule has 24 heavy (non-hydrogen) atoms. The van der Waals surface area contributed by atoms with E-state index in [-0.39, 0.29) is 17.5 Å². The third-order valence-electron chi connectivity index (χ3n) is 4.26. The summed E-state index contributed by atoms with van der Waals surface area (Å²) in [6.45, 7) is 0. The number of rotatable bonds is 2. The zero-order valence-electron chi connectivity index (χ0n) is 12.9. The van der Waals surface area contributed by atoms with Gasteiger partial charge in [-0.05, 0) is 47.9 Å². The Labute approximate surface area is 136 Å². The molecule has 1 atom stereocenters. The monoisotopic (exact) mass is 326 g/mol. The minimum absolute atomic E-state index is 0.322. The van der Waals surface area contributed by atoms with Crippen LogP contribution in [0.15, 0.2) is 41.2 Å². The predicted molar refractivity (Wildman–Crippen MR) is 86.8 cm³/mol. The molecule has 7 heteroatoms. The van der Waals surface area contributed by atoms with Crippen molar-refractivity contribution in [1.82, 2.24) is 14.8 Å². The molecule has 1 aliphatic heterocycles. The van der Waals surface area contributed by atoms with Crippen molar-refractivity contribution in [2.45, 2.75) is 12.5 Å². The van der Waals surface area contributed by atoms with Crippen LogP contribution in [0, 0.1) is 5.82 Å². The molecule has 0 fully saturated rings. The molecule has 0 saturated carbocycles. The molecule has 1 aliphatic rings. The molecular weight excluding hydrogens is 311 g/mol. The molecule has 0 bridgehead atoms. The minimum Gasteiger partial charge on any atom is -0.496 e.